The maximum Gasteiger partial charge on any atom is 0.243 e. The van der Waals surface area contributed by atoms with Gasteiger partial charge in [-0.25, -0.2) is 12.8 Å². The molecule has 1 atom stereocenters. The Morgan fingerprint density at radius 3 is 2.53 bits per heavy atom. The van der Waals surface area contributed by atoms with E-state index >= 15 is 0 Å². The molecule has 0 spiro atoms. The molecule has 19 heavy (non-hydrogen) atoms. The average Bonchev–Trinajstić information content (AvgIpc) is 2.38. The predicted octanol–water partition coefficient (Wildman–Crippen LogP) is 1.54. The Balaban J connectivity index is 2.21. The monoisotopic (exact) mass is 286 g/mol. The van der Waals surface area contributed by atoms with Gasteiger partial charge in [-0.3, -0.25) is 0 Å². The number of likely N-dealkylation sites (N-methyl/N-ethyl adjacent to an activating group) is 2. The van der Waals surface area contributed by atoms with Crippen molar-refractivity contribution in [3.8, 4) is 0 Å². The van der Waals surface area contributed by atoms with Crippen LogP contribution in [-0.2, 0) is 10.0 Å². The lowest BCUT2D eigenvalue weighted by atomic mass is 10.1. The van der Waals surface area contributed by atoms with Gasteiger partial charge < -0.3 is 4.90 Å². The van der Waals surface area contributed by atoms with E-state index in [4.69, 9.17) is 0 Å². The molecule has 0 aromatic heterocycles. The van der Waals surface area contributed by atoms with Crippen LogP contribution in [-0.4, -0.2) is 50.8 Å². The topological polar surface area (TPSA) is 40.6 Å². The van der Waals surface area contributed by atoms with Crippen molar-refractivity contribution in [2.45, 2.75) is 23.8 Å². The van der Waals surface area contributed by atoms with E-state index in [1.807, 2.05) is 7.05 Å². The molecule has 0 bridgehead atoms. The standard InChI is InChI=1S/C13H19FN2O2S/c1-15-9-3-4-12(10-15)16(2)19(17,18)13-7-5-11(14)6-8-13/h5-8,12H,3-4,9-10H2,1-2H3. The van der Waals surface area contributed by atoms with E-state index in [1.54, 1.807) is 7.05 Å². The third kappa shape index (κ3) is 3.13. The SMILES string of the molecule is CN1CCCC(N(C)S(=O)(=O)c2ccc(F)cc2)C1. The molecule has 0 aliphatic carbocycles. The van der Waals surface area contributed by atoms with Gasteiger partial charge in [0.1, 0.15) is 5.82 Å². The summed E-state index contributed by atoms with van der Waals surface area (Å²) >= 11 is 0. The van der Waals surface area contributed by atoms with Gasteiger partial charge in [-0.15, -0.1) is 0 Å². The van der Waals surface area contributed by atoms with Gasteiger partial charge in [-0.2, -0.15) is 4.31 Å². The van der Waals surface area contributed by atoms with Crippen LogP contribution in [0.3, 0.4) is 0 Å². The fraction of sp³-hybridized carbons (Fsp3) is 0.538. The predicted molar refractivity (Wildman–Crippen MR) is 71.9 cm³/mol. The third-order valence-electron chi connectivity index (χ3n) is 3.60. The van der Waals surface area contributed by atoms with Gasteiger partial charge >= 0.3 is 0 Å². The van der Waals surface area contributed by atoms with E-state index in [0.29, 0.717) is 0 Å². The molecule has 1 aromatic rings. The lowest BCUT2D eigenvalue weighted by molar-refractivity contribution is 0.187. The van der Waals surface area contributed by atoms with Gasteiger partial charge in [0.05, 0.1) is 4.90 Å². The number of sulfonamides is 1. The second kappa shape index (κ2) is 5.56. The zero-order chi connectivity index (χ0) is 14.0. The highest BCUT2D eigenvalue weighted by molar-refractivity contribution is 7.89. The Morgan fingerprint density at radius 1 is 1.32 bits per heavy atom. The maximum atomic E-state index is 12.9. The van der Waals surface area contributed by atoms with Gasteiger partial charge in [-0.05, 0) is 50.7 Å². The van der Waals surface area contributed by atoms with E-state index < -0.39 is 15.8 Å². The van der Waals surface area contributed by atoms with Crippen LogP contribution in [0.15, 0.2) is 29.2 Å². The quantitative estimate of drug-likeness (QED) is 0.846. The summed E-state index contributed by atoms with van der Waals surface area (Å²) in [7, 11) is 0.0515. The molecule has 1 aliphatic rings. The molecule has 1 fully saturated rings. The number of rotatable bonds is 3. The first-order chi connectivity index (χ1) is 8.91. The van der Waals surface area contributed by atoms with Gasteiger partial charge in [0.25, 0.3) is 0 Å². The van der Waals surface area contributed by atoms with Crippen molar-refractivity contribution in [1.82, 2.24) is 9.21 Å². The normalized spacial score (nSPS) is 21.8. The first-order valence-corrected chi connectivity index (χ1v) is 7.77. The lowest BCUT2D eigenvalue weighted by Gasteiger charge is -2.35. The van der Waals surface area contributed by atoms with Crippen molar-refractivity contribution in [3.05, 3.63) is 30.1 Å². The zero-order valence-electron chi connectivity index (χ0n) is 11.2. The van der Waals surface area contributed by atoms with E-state index in [-0.39, 0.29) is 10.9 Å². The molecule has 4 nitrogen and oxygen atoms in total. The molecule has 1 aromatic carbocycles. The number of likely N-dealkylation sites (tertiary alicyclic amines) is 1. The number of nitrogens with zero attached hydrogens (tertiary/aromatic N) is 2. The molecule has 0 saturated carbocycles. The second-order valence-corrected chi connectivity index (χ2v) is 7.03. The maximum absolute atomic E-state index is 12.9. The number of benzene rings is 1. The van der Waals surface area contributed by atoms with E-state index in [1.165, 1.54) is 28.6 Å². The smallest absolute Gasteiger partial charge is 0.243 e. The lowest BCUT2D eigenvalue weighted by Crippen LogP contribution is -2.47. The number of piperidine rings is 1. The third-order valence-corrected chi connectivity index (χ3v) is 5.53. The molecule has 2 rings (SSSR count). The molecule has 106 valence electrons. The van der Waals surface area contributed by atoms with E-state index in [9.17, 15) is 12.8 Å². The van der Waals surface area contributed by atoms with Crippen molar-refractivity contribution in [1.29, 1.82) is 0 Å². The summed E-state index contributed by atoms with van der Waals surface area (Å²) in [5.41, 5.74) is 0. The second-order valence-electron chi connectivity index (χ2n) is 5.03. The van der Waals surface area contributed by atoms with Crippen LogP contribution >= 0.6 is 0 Å². The van der Waals surface area contributed by atoms with Crippen molar-refractivity contribution in [2.75, 3.05) is 27.2 Å². The first kappa shape index (κ1) is 14.4. The van der Waals surface area contributed by atoms with Crippen molar-refractivity contribution in [3.63, 3.8) is 0 Å². The molecule has 1 saturated heterocycles. The average molecular weight is 286 g/mol. The highest BCUT2D eigenvalue weighted by Gasteiger charge is 2.30. The van der Waals surface area contributed by atoms with Crippen LogP contribution in [0, 0.1) is 5.82 Å². The number of halogens is 1. The minimum Gasteiger partial charge on any atom is -0.305 e. The Morgan fingerprint density at radius 2 is 1.95 bits per heavy atom. The summed E-state index contributed by atoms with van der Waals surface area (Å²) in [5.74, 6) is -0.431. The molecule has 1 aliphatic heterocycles. The van der Waals surface area contributed by atoms with Crippen LogP contribution < -0.4 is 0 Å². The summed E-state index contributed by atoms with van der Waals surface area (Å²) in [6.45, 7) is 1.73. The van der Waals surface area contributed by atoms with Crippen molar-refractivity contribution < 1.29 is 12.8 Å². The fourth-order valence-electron chi connectivity index (χ4n) is 2.41. The first-order valence-electron chi connectivity index (χ1n) is 6.33. The van der Waals surface area contributed by atoms with Gasteiger partial charge in [0.15, 0.2) is 0 Å². The molecule has 0 amide bonds. The Bertz CT molecular complexity index is 530. The highest BCUT2D eigenvalue weighted by atomic mass is 32.2. The zero-order valence-corrected chi connectivity index (χ0v) is 12.0. The van der Waals surface area contributed by atoms with Crippen LogP contribution in [0.4, 0.5) is 4.39 Å². The molecule has 1 unspecified atom stereocenters. The van der Waals surface area contributed by atoms with Crippen molar-refractivity contribution >= 4 is 10.0 Å². The van der Waals surface area contributed by atoms with Crippen LogP contribution in [0.5, 0.6) is 0 Å². The number of hydrogen-bond donors (Lipinski definition) is 0. The van der Waals surface area contributed by atoms with E-state index in [2.05, 4.69) is 4.90 Å². The molecular weight excluding hydrogens is 267 g/mol. The Kier molecular flexibility index (Phi) is 4.23. The van der Waals surface area contributed by atoms with Crippen molar-refractivity contribution in [2.24, 2.45) is 0 Å². The summed E-state index contributed by atoms with van der Waals surface area (Å²) in [6.07, 6.45) is 1.85. The summed E-state index contributed by atoms with van der Waals surface area (Å²) in [4.78, 5) is 2.27. The highest BCUT2D eigenvalue weighted by Crippen LogP contribution is 2.21. The van der Waals surface area contributed by atoms with Crippen LogP contribution in [0.2, 0.25) is 0 Å². The molecule has 0 N–H and O–H groups in total. The Labute approximate surface area is 113 Å². The minimum atomic E-state index is -3.54. The summed E-state index contributed by atoms with van der Waals surface area (Å²) in [6, 6.07) is 4.96. The summed E-state index contributed by atoms with van der Waals surface area (Å²) < 4.78 is 39.1. The van der Waals surface area contributed by atoms with Gasteiger partial charge in [0.2, 0.25) is 10.0 Å². The molecule has 0 radical (unpaired) electrons. The van der Waals surface area contributed by atoms with Crippen LogP contribution in [0.25, 0.3) is 0 Å². The summed E-state index contributed by atoms with van der Waals surface area (Å²) in [5, 5.41) is 0. The largest absolute Gasteiger partial charge is 0.305 e. The fourth-order valence-corrected chi connectivity index (χ4v) is 3.78. The van der Waals surface area contributed by atoms with Gasteiger partial charge in [0, 0.05) is 19.6 Å². The molecular formula is C13H19FN2O2S. The number of hydrogen-bond acceptors (Lipinski definition) is 3. The molecule has 6 heteroatoms. The van der Waals surface area contributed by atoms with E-state index in [0.717, 1.165) is 25.9 Å². The molecule has 1 heterocycles. The van der Waals surface area contributed by atoms with Gasteiger partial charge in [-0.1, -0.05) is 0 Å². The van der Waals surface area contributed by atoms with Crippen LogP contribution in [0.1, 0.15) is 12.8 Å². The Hall–Kier alpha value is -0.980. The minimum absolute atomic E-state index is 0.0196.